The largest absolute Gasteiger partial charge is 0.433 e. The first-order valence-corrected chi connectivity index (χ1v) is 4.68. The van der Waals surface area contributed by atoms with Gasteiger partial charge in [0.2, 0.25) is 0 Å². The van der Waals surface area contributed by atoms with E-state index >= 15 is 0 Å². The molecule has 1 aromatic heterocycles. The topological polar surface area (TPSA) is 107 Å². The minimum Gasteiger partial charge on any atom is -0.375 e. The molecule has 0 aromatic carbocycles. The number of aromatic nitrogens is 1. The Kier molecular flexibility index (Phi) is 3.75. The summed E-state index contributed by atoms with van der Waals surface area (Å²) < 4.78 is 0. The summed E-state index contributed by atoms with van der Waals surface area (Å²) in [5.74, 6) is 0. The van der Waals surface area contributed by atoms with E-state index in [1.54, 1.807) is 0 Å². The number of nitrogens with zero attached hydrogens (tertiary/aromatic N) is 2. The van der Waals surface area contributed by atoms with Crippen molar-refractivity contribution >= 4 is 34.6 Å². The van der Waals surface area contributed by atoms with Crippen molar-refractivity contribution in [1.82, 2.24) is 10.3 Å². The number of carbonyl (C=O) groups excluding carboxylic acids is 2. The fraction of sp³-hybridized carbons (Fsp3) is 0.143. The van der Waals surface area contributed by atoms with Gasteiger partial charge in [0.25, 0.3) is 0 Å². The fourth-order valence-electron chi connectivity index (χ4n) is 0.670. The molecule has 0 fully saturated rings. The van der Waals surface area contributed by atoms with Gasteiger partial charge in [-0.1, -0.05) is 5.16 Å². The summed E-state index contributed by atoms with van der Waals surface area (Å²) in [5, 5.41) is 7.34. The first kappa shape index (κ1) is 11.1. The Morgan fingerprint density at radius 3 is 3.00 bits per heavy atom. The van der Waals surface area contributed by atoms with Crippen molar-refractivity contribution in [1.29, 1.82) is 0 Å². The smallest absolute Gasteiger partial charge is 0.375 e. The first-order valence-electron chi connectivity index (χ1n) is 3.80. The zero-order chi connectivity index (χ0) is 11.3. The molecule has 1 aromatic rings. The van der Waals surface area contributed by atoms with Crippen LogP contribution in [0.1, 0.15) is 5.69 Å². The minimum atomic E-state index is -0.766. The Bertz CT molecular complexity index is 401. The number of hydrogen-bond acceptors (Lipinski definition) is 7. The monoisotopic (exact) mass is 228 g/mol. The number of hydrogen-bond donors (Lipinski definition) is 2. The lowest BCUT2D eigenvalue weighted by atomic mass is 10.3. The number of thiazole rings is 1. The molecule has 0 saturated carbocycles. The zero-order valence-corrected chi connectivity index (χ0v) is 8.58. The Balaban J connectivity index is 2.79. The third kappa shape index (κ3) is 3.02. The molecule has 0 spiro atoms. The Morgan fingerprint density at radius 2 is 2.53 bits per heavy atom. The van der Waals surface area contributed by atoms with Gasteiger partial charge in [-0.2, -0.15) is 0 Å². The van der Waals surface area contributed by atoms with Crippen LogP contribution >= 0.6 is 11.3 Å². The predicted molar refractivity (Wildman–Crippen MR) is 54.7 cm³/mol. The number of nitrogen functional groups attached to an aromatic ring is 1. The van der Waals surface area contributed by atoms with E-state index in [1.165, 1.54) is 12.4 Å². The number of nitrogens with one attached hydrogen (secondary N) is 1. The Labute approximate surface area is 88.9 Å². The van der Waals surface area contributed by atoms with Gasteiger partial charge in [0.1, 0.15) is 5.69 Å². The van der Waals surface area contributed by atoms with Crippen molar-refractivity contribution in [2.45, 2.75) is 0 Å². The third-order valence-electron chi connectivity index (χ3n) is 1.33. The lowest BCUT2D eigenvalue weighted by molar-refractivity contribution is -0.102. The normalized spacial score (nSPS) is 10.9. The molecular formula is C7H8N4O3S. The highest BCUT2D eigenvalue weighted by Gasteiger charge is 2.08. The fourth-order valence-corrected chi connectivity index (χ4v) is 1.23. The molecule has 0 saturated heterocycles. The van der Waals surface area contributed by atoms with Crippen molar-refractivity contribution in [2.75, 3.05) is 12.8 Å². The summed E-state index contributed by atoms with van der Waals surface area (Å²) in [5.41, 5.74) is 5.55. The van der Waals surface area contributed by atoms with E-state index in [0.717, 1.165) is 11.3 Å². The van der Waals surface area contributed by atoms with E-state index in [2.05, 4.69) is 20.3 Å². The molecule has 1 rings (SSSR count). The van der Waals surface area contributed by atoms with Crippen LogP contribution in [0, 0.1) is 0 Å². The zero-order valence-electron chi connectivity index (χ0n) is 7.76. The Morgan fingerprint density at radius 1 is 1.80 bits per heavy atom. The molecule has 0 aliphatic heterocycles. The van der Waals surface area contributed by atoms with Crippen LogP contribution in [0.4, 0.5) is 9.93 Å². The molecule has 8 heteroatoms. The minimum absolute atomic E-state index is 0.0912. The van der Waals surface area contributed by atoms with Crippen LogP contribution in [0.5, 0.6) is 0 Å². The summed E-state index contributed by atoms with van der Waals surface area (Å²) in [6.45, 7) is 0. The van der Waals surface area contributed by atoms with Gasteiger partial charge in [0.15, 0.2) is 17.1 Å². The van der Waals surface area contributed by atoms with Crippen LogP contribution in [-0.2, 0) is 9.63 Å². The number of anilines is 1. The molecule has 15 heavy (non-hydrogen) atoms. The number of rotatable bonds is 3. The SMILES string of the molecule is CNC(=O)O/N=C(/C=O)c1csc(N)n1. The van der Waals surface area contributed by atoms with E-state index in [9.17, 15) is 9.59 Å². The van der Waals surface area contributed by atoms with E-state index < -0.39 is 6.09 Å². The predicted octanol–water partition coefficient (Wildman–Crippen LogP) is -0.0157. The molecule has 0 atom stereocenters. The molecule has 0 radical (unpaired) electrons. The molecule has 1 amide bonds. The van der Waals surface area contributed by atoms with E-state index in [1.807, 2.05) is 0 Å². The molecule has 0 aliphatic carbocycles. The van der Waals surface area contributed by atoms with Crippen molar-refractivity contribution in [3.63, 3.8) is 0 Å². The number of amides is 1. The Hall–Kier alpha value is -1.96. The lowest BCUT2D eigenvalue weighted by Gasteiger charge is -1.95. The highest BCUT2D eigenvalue weighted by Crippen LogP contribution is 2.11. The van der Waals surface area contributed by atoms with Crippen LogP contribution in [0.15, 0.2) is 10.5 Å². The van der Waals surface area contributed by atoms with Crippen LogP contribution in [0.3, 0.4) is 0 Å². The average Bonchev–Trinajstić information content (AvgIpc) is 2.65. The average molecular weight is 228 g/mol. The highest BCUT2D eigenvalue weighted by molar-refractivity contribution is 7.13. The van der Waals surface area contributed by atoms with Gasteiger partial charge in [-0.15, -0.1) is 11.3 Å². The summed E-state index contributed by atoms with van der Waals surface area (Å²) in [4.78, 5) is 29.4. The lowest BCUT2D eigenvalue weighted by Crippen LogP contribution is -2.18. The molecular weight excluding hydrogens is 220 g/mol. The van der Waals surface area contributed by atoms with E-state index in [4.69, 9.17) is 5.73 Å². The second kappa shape index (κ2) is 5.05. The van der Waals surface area contributed by atoms with Gasteiger partial charge in [-0.3, -0.25) is 9.63 Å². The van der Waals surface area contributed by atoms with Crippen molar-refractivity contribution < 1.29 is 14.4 Å². The van der Waals surface area contributed by atoms with Crippen molar-refractivity contribution in [2.24, 2.45) is 5.16 Å². The van der Waals surface area contributed by atoms with Crippen LogP contribution in [0.25, 0.3) is 0 Å². The maximum Gasteiger partial charge on any atom is 0.433 e. The standard InChI is InChI=1S/C7H8N4O3S/c1-9-7(13)14-11-4(2-12)5-3-15-6(8)10-5/h2-3H,1H3,(H2,8,10)(H,9,13)/b11-4-. The number of carbonyl (C=O) groups is 2. The summed E-state index contributed by atoms with van der Waals surface area (Å²) in [6.07, 6.45) is -0.338. The number of oxime groups is 1. The number of aldehydes is 1. The van der Waals surface area contributed by atoms with Gasteiger partial charge in [-0.25, -0.2) is 9.78 Å². The highest BCUT2D eigenvalue weighted by atomic mass is 32.1. The van der Waals surface area contributed by atoms with Gasteiger partial charge >= 0.3 is 6.09 Å². The quantitative estimate of drug-likeness (QED) is 0.327. The summed E-state index contributed by atoms with van der Waals surface area (Å²) >= 11 is 1.16. The van der Waals surface area contributed by atoms with Gasteiger partial charge in [0, 0.05) is 12.4 Å². The molecule has 80 valence electrons. The summed E-state index contributed by atoms with van der Waals surface area (Å²) in [6, 6.07) is 0. The maximum absolute atomic E-state index is 10.7. The van der Waals surface area contributed by atoms with E-state index in [-0.39, 0.29) is 11.4 Å². The molecule has 0 bridgehead atoms. The van der Waals surface area contributed by atoms with Gasteiger partial charge in [-0.05, 0) is 0 Å². The van der Waals surface area contributed by atoms with Crippen molar-refractivity contribution in [3.8, 4) is 0 Å². The van der Waals surface area contributed by atoms with Gasteiger partial charge in [0.05, 0.1) is 0 Å². The van der Waals surface area contributed by atoms with Crippen LogP contribution < -0.4 is 11.1 Å². The maximum atomic E-state index is 10.7. The van der Waals surface area contributed by atoms with Crippen LogP contribution in [-0.4, -0.2) is 30.1 Å². The third-order valence-corrected chi connectivity index (χ3v) is 2.00. The second-order valence-electron chi connectivity index (χ2n) is 2.29. The molecule has 0 unspecified atom stereocenters. The molecule has 3 N–H and O–H groups in total. The molecule has 7 nitrogen and oxygen atoms in total. The van der Waals surface area contributed by atoms with E-state index in [0.29, 0.717) is 11.4 Å². The second-order valence-corrected chi connectivity index (χ2v) is 3.18. The van der Waals surface area contributed by atoms with Gasteiger partial charge < -0.3 is 11.1 Å². The summed E-state index contributed by atoms with van der Waals surface area (Å²) in [7, 11) is 1.37. The molecule has 1 heterocycles. The first-order chi connectivity index (χ1) is 7.17. The van der Waals surface area contributed by atoms with Crippen LogP contribution in [0.2, 0.25) is 0 Å². The van der Waals surface area contributed by atoms with Crippen molar-refractivity contribution in [3.05, 3.63) is 11.1 Å². The number of nitrogens with two attached hydrogens (primary N) is 1. The molecule has 0 aliphatic rings.